The van der Waals surface area contributed by atoms with Gasteiger partial charge in [0.1, 0.15) is 0 Å². The van der Waals surface area contributed by atoms with Crippen LogP contribution in [0.1, 0.15) is 24.8 Å². The van der Waals surface area contributed by atoms with Gasteiger partial charge in [0, 0.05) is 18.2 Å². The number of sulfone groups is 1. The van der Waals surface area contributed by atoms with Crippen molar-refractivity contribution in [3.8, 4) is 0 Å². The minimum atomic E-state index is -3.06. The van der Waals surface area contributed by atoms with E-state index in [0.717, 1.165) is 18.4 Å². The summed E-state index contributed by atoms with van der Waals surface area (Å²) in [5.41, 5.74) is 0.863. The van der Waals surface area contributed by atoms with Crippen molar-refractivity contribution in [2.75, 3.05) is 18.1 Å². The van der Waals surface area contributed by atoms with Crippen LogP contribution in [0.4, 0.5) is 0 Å². The Hall–Kier alpha value is -2.15. The van der Waals surface area contributed by atoms with Crippen LogP contribution >= 0.6 is 0 Å². The summed E-state index contributed by atoms with van der Waals surface area (Å²) < 4.78 is 28.4. The molecule has 0 N–H and O–H groups in total. The summed E-state index contributed by atoms with van der Waals surface area (Å²) in [6.07, 6.45) is 5.12. The fourth-order valence-electron chi connectivity index (χ4n) is 3.04. The van der Waals surface area contributed by atoms with Crippen molar-refractivity contribution < 1.29 is 22.7 Å². The lowest BCUT2D eigenvalue weighted by Gasteiger charge is -2.28. The van der Waals surface area contributed by atoms with E-state index in [1.165, 1.54) is 6.08 Å². The van der Waals surface area contributed by atoms with Gasteiger partial charge in [-0.25, -0.2) is 13.2 Å². The summed E-state index contributed by atoms with van der Waals surface area (Å²) in [5, 5.41) is 0. The third-order valence-electron chi connectivity index (χ3n) is 4.38. The highest BCUT2D eigenvalue weighted by atomic mass is 32.2. The molecule has 1 amide bonds. The molecule has 1 saturated carbocycles. The summed E-state index contributed by atoms with van der Waals surface area (Å²) in [6.45, 7) is -0.356. The van der Waals surface area contributed by atoms with Crippen molar-refractivity contribution in [2.45, 2.75) is 31.3 Å². The molecular weight excluding hydrogens is 342 g/mol. The third kappa shape index (κ3) is 4.92. The molecule has 25 heavy (non-hydrogen) atoms. The van der Waals surface area contributed by atoms with Crippen molar-refractivity contribution >= 4 is 27.8 Å². The fraction of sp³-hybridized carbons (Fsp3) is 0.444. The molecule has 1 aromatic carbocycles. The highest BCUT2D eigenvalue weighted by molar-refractivity contribution is 7.91. The molecule has 6 nitrogen and oxygen atoms in total. The predicted molar refractivity (Wildman–Crippen MR) is 93.4 cm³/mol. The molecular formula is C18H21NO5S. The van der Waals surface area contributed by atoms with E-state index < -0.39 is 15.8 Å². The van der Waals surface area contributed by atoms with Crippen LogP contribution in [0.2, 0.25) is 0 Å². The number of hydrogen-bond donors (Lipinski definition) is 0. The van der Waals surface area contributed by atoms with E-state index in [0.29, 0.717) is 6.42 Å². The molecule has 0 unspecified atom stereocenters. The van der Waals surface area contributed by atoms with Crippen molar-refractivity contribution in [3.05, 3.63) is 42.0 Å². The zero-order valence-electron chi connectivity index (χ0n) is 13.8. The van der Waals surface area contributed by atoms with E-state index in [1.807, 2.05) is 30.3 Å². The van der Waals surface area contributed by atoms with Crippen LogP contribution in [-0.2, 0) is 24.2 Å². The molecule has 1 heterocycles. The lowest BCUT2D eigenvalue weighted by Crippen LogP contribution is -2.44. The average molecular weight is 363 g/mol. The second kappa shape index (κ2) is 7.39. The van der Waals surface area contributed by atoms with Crippen LogP contribution in [-0.4, -0.2) is 55.4 Å². The highest BCUT2D eigenvalue weighted by Gasteiger charge is 2.42. The molecule has 0 bridgehead atoms. The van der Waals surface area contributed by atoms with Gasteiger partial charge in [-0.15, -0.1) is 0 Å². The number of benzene rings is 1. The Bertz CT molecular complexity index is 768. The molecule has 134 valence electrons. The number of hydrogen-bond acceptors (Lipinski definition) is 5. The zero-order chi connectivity index (χ0) is 17.9. The molecule has 1 aromatic rings. The number of ether oxygens (including phenoxy) is 1. The monoisotopic (exact) mass is 363 g/mol. The molecule has 3 rings (SSSR count). The molecule has 7 heteroatoms. The standard InChI is InChI=1S/C18H21NO5S/c20-17(12-24-18(21)9-6-14-4-2-1-3-5-14)19(15-7-8-15)16-10-11-25(22,23)13-16/h1-6,9,15-16H,7-8,10-13H2/b9-6+/t16-/m1/s1. The van der Waals surface area contributed by atoms with Crippen LogP contribution < -0.4 is 0 Å². The first-order valence-corrected chi connectivity index (χ1v) is 10.2. The lowest BCUT2D eigenvalue weighted by atomic mass is 10.2. The molecule has 1 saturated heterocycles. The van der Waals surface area contributed by atoms with E-state index in [2.05, 4.69) is 0 Å². The number of nitrogens with zero attached hydrogens (tertiary/aromatic N) is 1. The van der Waals surface area contributed by atoms with Gasteiger partial charge in [0.15, 0.2) is 16.4 Å². The van der Waals surface area contributed by atoms with Crippen molar-refractivity contribution in [2.24, 2.45) is 0 Å². The Kier molecular flexibility index (Phi) is 5.22. The Morgan fingerprint density at radius 3 is 2.44 bits per heavy atom. The molecule has 0 spiro atoms. The zero-order valence-corrected chi connectivity index (χ0v) is 14.7. The molecule has 1 atom stereocenters. The van der Waals surface area contributed by atoms with Gasteiger partial charge < -0.3 is 9.64 Å². The van der Waals surface area contributed by atoms with E-state index in [9.17, 15) is 18.0 Å². The van der Waals surface area contributed by atoms with Gasteiger partial charge in [-0.1, -0.05) is 30.3 Å². The molecule has 0 radical (unpaired) electrons. The summed E-state index contributed by atoms with van der Waals surface area (Å²) in [7, 11) is -3.06. The van der Waals surface area contributed by atoms with Gasteiger partial charge in [0.05, 0.1) is 11.5 Å². The maximum atomic E-state index is 12.4. The van der Waals surface area contributed by atoms with Gasteiger partial charge in [-0.05, 0) is 30.9 Å². The van der Waals surface area contributed by atoms with Crippen molar-refractivity contribution in [1.82, 2.24) is 4.90 Å². The van der Waals surface area contributed by atoms with Crippen LogP contribution in [0.15, 0.2) is 36.4 Å². The van der Waals surface area contributed by atoms with Gasteiger partial charge in [0.25, 0.3) is 5.91 Å². The molecule has 2 aliphatic rings. The first-order chi connectivity index (χ1) is 11.9. The number of carbonyl (C=O) groups is 2. The SMILES string of the molecule is O=C(/C=C/c1ccccc1)OCC(=O)N(C1CC1)[C@@H]1CCS(=O)(=O)C1. The lowest BCUT2D eigenvalue weighted by molar-refractivity contribution is -0.149. The average Bonchev–Trinajstić information content (AvgIpc) is 3.35. The molecule has 1 aliphatic carbocycles. The second-order valence-electron chi connectivity index (χ2n) is 6.44. The molecule has 1 aliphatic heterocycles. The Morgan fingerprint density at radius 1 is 1.12 bits per heavy atom. The number of esters is 1. The van der Waals surface area contributed by atoms with Gasteiger partial charge in [-0.3, -0.25) is 4.79 Å². The summed E-state index contributed by atoms with van der Waals surface area (Å²) in [5.74, 6) is -0.775. The van der Waals surface area contributed by atoms with Crippen LogP contribution in [0.5, 0.6) is 0 Å². The van der Waals surface area contributed by atoms with Crippen LogP contribution in [0.25, 0.3) is 6.08 Å². The largest absolute Gasteiger partial charge is 0.452 e. The Labute approximate surface area is 147 Å². The third-order valence-corrected chi connectivity index (χ3v) is 6.13. The van der Waals surface area contributed by atoms with E-state index in [1.54, 1.807) is 11.0 Å². The van der Waals surface area contributed by atoms with Gasteiger partial charge in [-0.2, -0.15) is 0 Å². The fourth-order valence-corrected chi connectivity index (χ4v) is 4.75. The van der Waals surface area contributed by atoms with Crippen molar-refractivity contribution in [3.63, 3.8) is 0 Å². The van der Waals surface area contributed by atoms with Crippen molar-refractivity contribution in [1.29, 1.82) is 0 Å². The highest BCUT2D eigenvalue weighted by Crippen LogP contribution is 2.32. The Balaban J connectivity index is 1.53. The summed E-state index contributed by atoms with van der Waals surface area (Å²) in [6, 6.07) is 9.10. The first kappa shape index (κ1) is 17.7. The predicted octanol–water partition coefficient (Wildman–Crippen LogP) is 1.42. The summed E-state index contributed by atoms with van der Waals surface area (Å²) >= 11 is 0. The maximum absolute atomic E-state index is 12.4. The van der Waals surface area contributed by atoms with E-state index in [4.69, 9.17) is 4.74 Å². The van der Waals surface area contributed by atoms with Crippen LogP contribution in [0.3, 0.4) is 0 Å². The number of carbonyl (C=O) groups excluding carboxylic acids is 2. The van der Waals surface area contributed by atoms with Crippen LogP contribution in [0, 0.1) is 0 Å². The smallest absolute Gasteiger partial charge is 0.331 e. The minimum Gasteiger partial charge on any atom is -0.452 e. The summed E-state index contributed by atoms with van der Waals surface area (Å²) in [4.78, 5) is 25.8. The quantitative estimate of drug-likeness (QED) is 0.564. The minimum absolute atomic E-state index is 0.0110. The number of amides is 1. The number of rotatable bonds is 6. The first-order valence-electron chi connectivity index (χ1n) is 8.36. The normalized spacial score (nSPS) is 22.0. The maximum Gasteiger partial charge on any atom is 0.331 e. The van der Waals surface area contributed by atoms with Gasteiger partial charge in [0.2, 0.25) is 0 Å². The van der Waals surface area contributed by atoms with E-state index in [-0.39, 0.29) is 36.1 Å². The second-order valence-corrected chi connectivity index (χ2v) is 8.67. The van der Waals surface area contributed by atoms with Gasteiger partial charge >= 0.3 is 5.97 Å². The molecule has 2 fully saturated rings. The Morgan fingerprint density at radius 2 is 1.84 bits per heavy atom. The topological polar surface area (TPSA) is 80.8 Å². The molecule has 0 aromatic heterocycles. The van der Waals surface area contributed by atoms with E-state index >= 15 is 0 Å².